The van der Waals surface area contributed by atoms with Crippen molar-refractivity contribution in [3.05, 3.63) is 41.9 Å². The SMILES string of the molecule is COc1cccc(CN2CCC[C@@H](c3nn(C)c4nccnc34)C2)c1OC. The minimum Gasteiger partial charge on any atom is -0.493 e. The fourth-order valence-electron chi connectivity index (χ4n) is 4.02. The quantitative estimate of drug-likeness (QED) is 0.691. The van der Waals surface area contributed by atoms with E-state index in [0.717, 1.165) is 66.4 Å². The number of para-hydroxylation sites is 1. The molecular formula is C20H25N5O2. The molecule has 0 aliphatic carbocycles. The summed E-state index contributed by atoms with van der Waals surface area (Å²) in [6.45, 7) is 2.84. The van der Waals surface area contributed by atoms with Crippen LogP contribution in [0.3, 0.4) is 0 Å². The van der Waals surface area contributed by atoms with E-state index >= 15 is 0 Å². The predicted octanol–water partition coefficient (Wildman–Crippen LogP) is 2.76. The summed E-state index contributed by atoms with van der Waals surface area (Å²) in [5.41, 5.74) is 3.97. The molecule has 0 unspecified atom stereocenters. The lowest BCUT2D eigenvalue weighted by molar-refractivity contribution is 0.196. The van der Waals surface area contributed by atoms with E-state index in [0.29, 0.717) is 5.92 Å². The van der Waals surface area contributed by atoms with Crippen molar-refractivity contribution in [2.24, 2.45) is 7.05 Å². The number of hydrogen-bond donors (Lipinski definition) is 0. The van der Waals surface area contributed by atoms with Gasteiger partial charge in [-0.3, -0.25) is 4.90 Å². The zero-order valence-electron chi connectivity index (χ0n) is 16.1. The van der Waals surface area contributed by atoms with Crippen molar-refractivity contribution in [3.63, 3.8) is 0 Å². The summed E-state index contributed by atoms with van der Waals surface area (Å²) < 4.78 is 12.9. The van der Waals surface area contributed by atoms with Gasteiger partial charge in [-0.05, 0) is 25.5 Å². The highest BCUT2D eigenvalue weighted by atomic mass is 16.5. The second-order valence-electron chi connectivity index (χ2n) is 6.96. The highest BCUT2D eigenvalue weighted by molar-refractivity contribution is 5.73. The van der Waals surface area contributed by atoms with Crippen LogP contribution >= 0.6 is 0 Å². The molecule has 0 saturated carbocycles. The van der Waals surface area contributed by atoms with Gasteiger partial charge in [-0.2, -0.15) is 5.10 Å². The molecule has 0 radical (unpaired) electrons. The van der Waals surface area contributed by atoms with E-state index in [1.807, 2.05) is 23.9 Å². The summed E-state index contributed by atoms with van der Waals surface area (Å²) in [5.74, 6) is 1.95. The second-order valence-corrected chi connectivity index (χ2v) is 6.96. The average molecular weight is 367 g/mol. The van der Waals surface area contributed by atoms with Crippen LogP contribution in [0.15, 0.2) is 30.6 Å². The molecule has 3 heterocycles. The molecule has 4 rings (SSSR count). The van der Waals surface area contributed by atoms with E-state index in [9.17, 15) is 0 Å². The molecule has 7 heteroatoms. The summed E-state index contributed by atoms with van der Waals surface area (Å²) >= 11 is 0. The van der Waals surface area contributed by atoms with Crippen LogP contribution in [0.4, 0.5) is 0 Å². The average Bonchev–Trinajstić information content (AvgIpc) is 3.05. The van der Waals surface area contributed by atoms with Crippen molar-refractivity contribution in [1.29, 1.82) is 0 Å². The summed E-state index contributed by atoms with van der Waals surface area (Å²) in [5, 5.41) is 4.74. The van der Waals surface area contributed by atoms with E-state index in [1.165, 1.54) is 0 Å². The summed E-state index contributed by atoms with van der Waals surface area (Å²) in [7, 11) is 5.30. The Hall–Kier alpha value is -2.67. The van der Waals surface area contributed by atoms with Crippen LogP contribution in [0.5, 0.6) is 11.5 Å². The lowest BCUT2D eigenvalue weighted by atomic mass is 9.94. The first kappa shape index (κ1) is 17.7. The highest BCUT2D eigenvalue weighted by Gasteiger charge is 2.27. The fourth-order valence-corrected chi connectivity index (χ4v) is 4.02. The first-order valence-electron chi connectivity index (χ1n) is 9.27. The standard InChI is InChI=1S/C20H25N5O2/c1-24-20-18(21-9-10-22-20)17(23-24)14-7-5-11-25(12-14)13-15-6-4-8-16(26-2)19(15)27-3/h4,6,8-10,14H,5,7,11-13H2,1-3H3/t14-/m1/s1. The Bertz CT molecular complexity index is 939. The molecule has 1 atom stereocenters. The summed E-state index contributed by atoms with van der Waals surface area (Å²) in [6.07, 6.45) is 5.72. The Labute approximate surface area is 158 Å². The maximum absolute atomic E-state index is 5.60. The molecule has 0 bridgehead atoms. The second kappa shape index (κ2) is 7.52. The smallest absolute Gasteiger partial charge is 0.176 e. The number of rotatable bonds is 5. The van der Waals surface area contributed by atoms with Gasteiger partial charge in [0.1, 0.15) is 5.52 Å². The lowest BCUT2D eigenvalue weighted by Gasteiger charge is -2.32. The van der Waals surface area contributed by atoms with E-state index < -0.39 is 0 Å². The Kier molecular flexibility index (Phi) is 4.94. The number of fused-ring (bicyclic) bond motifs is 1. The molecule has 1 saturated heterocycles. The van der Waals surface area contributed by atoms with Crippen molar-refractivity contribution in [3.8, 4) is 11.5 Å². The highest BCUT2D eigenvalue weighted by Crippen LogP contribution is 2.34. The van der Waals surface area contributed by atoms with Crippen molar-refractivity contribution in [1.82, 2.24) is 24.6 Å². The topological polar surface area (TPSA) is 65.3 Å². The zero-order chi connectivity index (χ0) is 18.8. The van der Waals surface area contributed by atoms with Crippen LogP contribution in [-0.4, -0.2) is 52.0 Å². The molecule has 2 aromatic heterocycles. The minimum absolute atomic E-state index is 0.357. The lowest BCUT2D eigenvalue weighted by Crippen LogP contribution is -2.34. The van der Waals surface area contributed by atoms with Crippen LogP contribution in [0.25, 0.3) is 11.2 Å². The maximum atomic E-state index is 5.60. The third-order valence-electron chi connectivity index (χ3n) is 5.26. The molecule has 1 aliphatic heterocycles. The fraction of sp³-hybridized carbons (Fsp3) is 0.450. The normalized spacial score (nSPS) is 18.0. The molecule has 0 N–H and O–H groups in total. The first-order chi connectivity index (χ1) is 13.2. The number of likely N-dealkylation sites (tertiary alicyclic amines) is 1. The molecule has 0 amide bonds. The number of ether oxygens (including phenoxy) is 2. The van der Waals surface area contributed by atoms with Crippen molar-refractivity contribution in [2.75, 3.05) is 27.3 Å². The molecule has 3 aromatic rings. The Morgan fingerprint density at radius 1 is 1.15 bits per heavy atom. The molecule has 27 heavy (non-hydrogen) atoms. The Balaban J connectivity index is 1.57. The molecule has 7 nitrogen and oxygen atoms in total. The van der Waals surface area contributed by atoms with E-state index in [2.05, 4.69) is 20.9 Å². The van der Waals surface area contributed by atoms with Gasteiger partial charge in [0.15, 0.2) is 17.1 Å². The number of benzene rings is 1. The molecule has 1 fully saturated rings. The third kappa shape index (κ3) is 3.35. The molecule has 0 spiro atoms. The number of nitrogens with zero attached hydrogens (tertiary/aromatic N) is 5. The van der Waals surface area contributed by atoms with Gasteiger partial charge in [-0.1, -0.05) is 12.1 Å². The van der Waals surface area contributed by atoms with Crippen LogP contribution < -0.4 is 9.47 Å². The number of aryl methyl sites for hydroxylation is 1. The number of hydrogen-bond acceptors (Lipinski definition) is 6. The van der Waals surface area contributed by atoms with Gasteiger partial charge in [-0.15, -0.1) is 0 Å². The molecule has 1 aromatic carbocycles. The predicted molar refractivity (Wildman–Crippen MR) is 103 cm³/mol. The molecule has 142 valence electrons. The van der Waals surface area contributed by atoms with Crippen molar-refractivity contribution < 1.29 is 9.47 Å². The number of piperidine rings is 1. The minimum atomic E-state index is 0.357. The number of methoxy groups -OCH3 is 2. The van der Waals surface area contributed by atoms with Gasteiger partial charge in [0, 0.05) is 44.0 Å². The van der Waals surface area contributed by atoms with Gasteiger partial charge in [0.25, 0.3) is 0 Å². The Morgan fingerprint density at radius 2 is 2.00 bits per heavy atom. The van der Waals surface area contributed by atoms with E-state index in [1.54, 1.807) is 26.6 Å². The van der Waals surface area contributed by atoms with Crippen LogP contribution in [0, 0.1) is 0 Å². The van der Waals surface area contributed by atoms with Crippen LogP contribution in [0.1, 0.15) is 30.0 Å². The van der Waals surface area contributed by atoms with E-state index in [-0.39, 0.29) is 0 Å². The van der Waals surface area contributed by atoms with Gasteiger partial charge in [-0.25, -0.2) is 14.6 Å². The van der Waals surface area contributed by atoms with Gasteiger partial charge < -0.3 is 9.47 Å². The van der Waals surface area contributed by atoms with Crippen molar-refractivity contribution >= 4 is 11.2 Å². The molecule has 1 aliphatic rings. The number of aromatic nitrogens is 4. The summed E-state index contributed by atoms with van der Waals surface area (Å²) in [6, 6.07) is 6.05. The van der Waals surface area contributed by atoms with Gasteiger partial charge in [0.05, 0.1) is 19.9 Å². The third-order valence-corrected chi connectivity index (χ3v) is 5.26. The van der Waals surface area contributed by atoms with Gasteiger partial charge in [0.2, 0.25) is 0 Å². The van der Waals surface area contributed by atoms with Crippen LogP contribution in [-0.2, 0) is 13.6 Å². The van der Waals surface area contributed by atoms with E-state index in [4.69, 9.17) is 14.6 Å². The van der Waals surface area contributed by atoms with Crippen LogP contribution in [0.2, 0.25) is 0 Å². The van der Waals surface area contributed by atoms with Gasteiger partial charge >= 0.3 is 0 Å². The Morgan fingerprint density at radius 3 is 2.81 bits per heavy atom. The first-order valence-corrected chi connectivity index (χ1v) is 9.27. The van der Waals surface area contributed by atoms with Crippen molar-refractivity contribution in [2.45, 2.75) is 25.3 Å². The summed E-state index contributed by atoms with van der Waals surface area (Å²) in [4.78, 5) is 11.4. The zero-order valence-corrected chi connectivity index (χ0v) is 16.1. The maximum Gasteiger partial charge on any atom is 0.176 e. The largest absolute Gasteiger partial charge is 0.493 e. The monoisotopic (exact) mass is 367 g/mol. The molecular weight excluding hydrogens is 342 g/mol.